The van der Waals surface area contributed by atoms with Crippen LogP contribution in [-0.2, 0) is 9.53 Å². The number of nitrogens with two attached hydrogens (primary N) is 2. The van der Waals surface area contributed by atoms with Crippen molar-refractivity contribution in [2.24, 2.45) is 11.5 Å². The van der Waals surface area contributed by atoms with Crippen LogP contribution in [0.1, 0.15) is 33.2 Å². The van der Waals surface area contributed by atoms with E-state index in [0.717, 1.165) is 4.90 Å². The lowest BCUT2D eigenvalue weighted by molar-refractivity contribution is -0.121. The number of nitrogens with zero attached hydrogens (tertiary/aromatic N) is 1. The van der Waals surface area contributed by atoms with Crippen molar-refractivity contribution in [1.29, 1.82) is 0 Å². The molecule has 3 aromatic carbocycles. The minimum Gasteiger partial charge on any atom is -0.504 e. The molecule has 37 heavy (non-hydrogen) atoms. The lowest BCUT2D eigenvalue weighted by Crippen LogP contribution is -2.54. The first-order chi connectivity index (χ1) is 17.4. The standard InChI is InChI=1S/C25H23N3O8S/c1-12(36-24(35)16-8-4-10-18(30)22(16)33)19(26)23(34)28(25(27)37)14-6-2-5-13(11-14)20(31)15-7-3-9-17(29)21(15)32/h2-12,19,29-30,32-33H,26H2,1H3,(H2,27,37)/t12-,19+/m1/s1. The van der Waals surface area contributed by atoms with Gasteiger partial charge in [-0.25, -0.2) is 4.79 Å². The van der Waals surface area contributed by atoms with Gasteiger partial charge in [0.1, 0.15) is 17.7 Å². The fourth-order valence-corrected chi connectivity index (χ4v) is 3.57. The number of aromatic hydroxyl groups is 4. The van der Waals surface area contributed by atoms with Crippen molar-refractivity contribution in [3.05, 3.63) is 77.4 Å². The number of para-hydroxylation sites is 2. The van der Waals surface area contributed by atoms with Crippen LogP contribution in [0.25, 0.3) is 0 Å². The number of phenols is 4. The molecule has 0 radical (unpaired) electrons. The average molecular weight is 526 g/mol. The highest BCUT2D eigenvalue weighted by molar-refractivity contribution is 7.80. The number of esters is 1. The molecule has 1 amide bonds. The van der Waals surface area contributed by atoms with E-state index in [1.807, 2.05) is 0 Å². The maximum absolute atomic E-state index is 13.2. The summed E-state index contributed by atoms with van der Waals surface area (Å²) in [6.07, 6.45) is -1.23. The van der Waals surface area contributed by atoms with Crippen LogP contribution in [0, 0.1) is 0 Å². The van der Waals surface area contributed by atoms with Gasteiger partial charge in [0.25, 0.3) is 5.91 Å². The van der Waals surface area contributed by atoms with Crippen molar-refractivity contribution in [1.82, 2.24) is 0 Å². The Morgan fingerprint density at radius 2 is 1.43 bits per heavy atom. The molecule has 12 heteroatoms. The molecule has 0 saturated carbocycles. The molecule has 8 N–H and O–H groups in total. The van der Waals surface area contributed by atoms with Gasteiger partial charge in [-0.15, -0.1) is 0 Å². The van der Waals surface area contributed by atoms with Crippen molar-refractivity contribution >= 4 is 40.7 Å². The topological polar surface area (TPSA) is 197 Å². The maximum Gasteiger partial charge on any atom is 0.342 e. The van der Waals surface area contributed by atoms with Gasteiger partial charge >= 0.3 is 5.97 Å². The Kier molecular flexibility index (Phi) is 7.95. The molecule has 3 aromatic rings. The molecule has 192 valence electrons. The predicted molar refractivity (Wildman–Crippen MR) is 137 cm³/mol. The van der Waals surface area contributed by atoms with Crippen molar-refractivity contribution in [3.63, 3.8) is 0 Å². The van der Waals surface area contributed by atoms with Gasteiger partial charge in [-0.1, -0.05) is 24.3 Å². The molecule has 0 unspecified atom stereocenters. The lowest BCUT2D eigenvalue weighted by atomic mass is 10.0. The normalized spacial score (nSPS) is 12.3. The number of ketones is 1. The van der Waals surface area contributed by atoms with E-state index in [0.29, 0.717) is 0 Å². The summed E-state index contributed by atoms with van der Waals surface area (Å²) < 4.78 is 5.19. The minimum absolute atomic E-state index is 0.0415. The molecule has 11 nitrogen and oxygen atoms in total. The van der Waals surface area contributed by atoms with Crippen LogP contribution >= 0.6 is 12.2 Å². The van der Waals surface area contributed by atoms with E-state index in [2.05, 4.69) is 0 Å². The van der Waals surface area contributed by atoms with Crippen molar-refractivity contribution in [3.8, 4) is 23.0 Å². The number of thiocarbonyl (C=S) groups is 1. The van der Waals surface area contributed by atoms with Crippen molar-refractivity contribution in [2.75, 3.05) is 4.90 Å². The SMILES string of the molecule is C[C@@H](OC(=O)c1cccc(O)c1O)[C@H](N)C(=O)N(C(N)=S)c1cccc(C(=O)c2cccc(O)c2O)c1. The van der Waals surface area contributed by atoms with E-state index in [-0.39, 0.29) is 22.4 Å². The van der Waals surface area contributed by atoms with Crippen LogP contribution < -0.4 is 16.4 Å². The highest BCUT2D eigenvalue weighted by atomic mass is 32.1. The molecule has 3 rings (SSSR count). The molecule has 0 spiro atoms. The summed E-state index contributed by atoms with van der Waals surface area (Å²) >= 11 is 5.02. The van der Waals surface area contributed by atoms with Crippen LogP contribution in [-0.4, -0.2) is 55.3 Å². The largest absolute Gasteiger partial charge is 0.504 e. The van der Waals surface area contributed by atoms with Gasteiger partial charge < -0.3 is 36.6 Å². The Bertz CT molecular complexity index is 1390. The first-order valence-electron chi connectivity index (χ1n) is 10.7. The Hall–Kier alpha value is -4.68. The Labute approximate surface area is 216 Å². The van der Waals surface area contributed by atoms with E-state index in [1.165, 1.54) is 67.6 Å². The van der Waals surface area contributed by atoms with Gasteiger partial charge in [0, 0.05) is 5.56 Å². The third-order valence-corrected chi connectivity index (χ3v) is 5.57. The van der Waals surface area contributed by atoms with Crippen LogP contribution in [0.3, 0.4) is 0 Å². The van der Waals surface area contributed by atoms with E-state index in [9.17, 15) is 34.8 Å². The Balaban J connectivity index is 1.85. The smallest absolute Gasteiger partial charge is 0.342 e. The molecule has 0 fully saturated rings. The zero-order valence-electron chi connectivity index (χ0n) is 19.4. The summed E-state index contributed by atoms with van der Waals surface area (Å²) in [6.45, 7) is 1.34. The third kappa shape index (κ3) is 5.60. The highest BCUT2D eigenvalue weighted by Crippen LogP contribution is 2.31. The number of hydrogen-bond acceptors (Lipinski definition) is 10. The lowest BCUT2D eigenvalue weighted by Gasteiger charge is -2.27. The number of ether oxygens (including phenoxy) is 1. The number of hydrogen-bond donors (Lipinski definition) is 6. The number of amides is 1. The first-order valence-corrected chi connectivity index (χ1v) is 11.1. The monoisotopic (exact) mass is 525 g/mol. The minimum atomic E-state index is -1.47. The molecule has 0 aliphatic carbocycles. The fraction of sp³-hybridized carbons (Fsp3) is 0.120. The Morgan fingerprint density at radius 1 is 0.892 bits per heavy atom. The molecular formula is C25H23N3O8S. The number of carbonyl (C=O) groups is 3. The van der Waals surface area contributed by atoms with Gasteiger partial charge in [0.05, 0.1) is 11.3 Å². The number of benzene rings is 3. The zero-order chi connectivity index (χ0) is 27.4. The quantitative estimate of drug-likeness (QED) is 0.114. The maximum atomic E-state index is 13.2. The van der Waals surface area contributed by atoms with Gasteiger partial charge in [-0.3, -0.25) is 14.5 Å². The molecular weight excluding hydrogens is 502 g/mol. The van der Waals surface area contributed by atoms with E-state index < -0.39 is 57.9 Å². The second-order valence-electron chi connectivity index (χ2n) is 7.87. The number of phenolic OH excluding ortho intramolecular Hbond substituents is 4. The zero-order valence-corrected chi connectivity index (χ0v) is 20.2. The number of carbonyl (C=O) groups excluding carboxylic acids is 3. The summed E-state index contributed by atoms with van der Waals surface area (Å²) in [5, 5.41) is 38.8. The van der Waals surface area contributed by atoms with Gasteiger partial charge in [-0.2, -0.15) is 0 Å². The van der Waals surface area contributed by atoms with Crippen LogP contribution in [0.2, 0.25) is 0 Å². The molecule has 2 atom stereocenters. The van der Waals surface area contributed by atoms with E-state index in [4.69, 9.17) is 28.4 Å². The molecule has 0 saturated heterocycles. The van der Waals surface area contributed by atoms with E-state index in [1.54, 1.807) is 0 Å². The second kappa shape index (κ2) is 10.9. The van der Waals surface area contributed by atoms with E-state index >= 15 is 0 Å². The van der Waals surface area contributed by atoms with Gasteiger partial charge in [0.15, 0.2) is 33.9 Å². The third-order valence-electron chi connectivity index (χ3n) is 5.39. The molecule has 0 aromatic heterocycles. The molecule has 0 bridgehead atoms. The first kappa shape index (κ1) is 26.9. The molecule has 0 aliphatic heterocycles. The summed E-state index contributed by atoms with van der Waals surface area (Å²) in [5.74, 6) is -4.85. The van der Waals surface area contributed by atoms with Crippen molar-refractivity contribution in [2.45, 2.75) is 19.1 Å². The van der Waals surface area contributed by atoms with Crippen LogP contribution in [0.15, 0.2) is 60.7 Å². The van der Waals surface area contributed by atoms with Gasteiger partial charge in [-0.05, 0) is 55.5 Å². The molecule has 0 heterocycles. The summed E-state index contributed by atoms with van der Waals surface area (Å²) in [5.41, 5.74) is 11.4. The summed E-state index contributed by atoms with van der Waals surface area (Å²) in [6, 6.07) is 11.7. The highest BCUT2D eigenvalue weighted by Gasteiger charge is 2.32. The fourth-order valence-electron chi connectivity index (χ4n) is 3.37. The Morgan fingerprint density at radius 3 is 2.03 bits per heavy atom. The predicted octanol–water partition coefficient (Wildman–Crippen LogP) is 1.89. The second-order valence-corrected chi connectivity index (χ2v) is 8.29. The summed E-state index contributed by atoms with van der Waals surface area (Å²) in [4.78, 5) is 39.4. The van der Waals surface area contributed by atoms with Crippen molar-refractivity contribution < 1.29 is 39.5 Å². The van der Waals surface area contributed by atoms with Crippen LogP contribution in [0.4, 0.5) is 5.69 Å². The van der Waals surface area contributed by atoms with Crippen LogP contribution in [0.5, 0.6) is 23.0 Å². The number of anilines is 1. The van der Waals surface area contributed by atoms with Gasteiger partial charge in [0.2, 0.25) is 0 Å². The molecule has 0 aliphatic rings. The average Bonchev–Trinajstić information content (AvgIpc) is 2.86. The summed E-state index contributed by atoms with van der Waals surface area (Å²) in [7, 11) is 0. The number of rotatable bonds is 7.